The topological polar surface area (TPSA) is 108 Å². The summed E-state index contributed by atoms with van der Waals surface area (Å²) in [5.74, 6) is 0.533. The second kappa shape index (κ2) is 11.4. The van der Waals surface area contributed by atoms with Crippen LogP contribution in [-0.2, 0) is 4.79 Å². The zero-order valence-electron chi connectivity index (χ0n) is 20.7. The van der Waals surface area contributed by atoms with E-state index in [2.05, 4.69) is 37.9 Å². The van der Waals surface area contributed by atoms with E-state index in [0.717, 1.165) is 20.4 Å². The molecular weight excluding hydrogens is 595 g/mol. The average Bonchev–Trinajstić information content (AvgIpc) is 3.54. The van der Waals surface area contributed by atoms with Crippen molar-refractivity contribution in [2.24, 2.45) is 0 Å². The second-order valence-corrected chi connectivity index (χ2v) is 10.3. The van der Waals surface area contributed by atoms with Gasteiger partial charge in [0.15, 0.2) is 0 Å². The number of halogens is 1. The van der Waals surface area contributed by atoms with Gasteiger partial charge in [0.05, 0.1) is 18.5 Å². The predicted octanol–water partition coefficient (Wildman–Crippen LogP) is 5.19. The van der Waals surface area contributed by atoms with Crippen LogP contribution in [0.4, 0.5) is 4.79 Å². The maximum Gasteiger partial charge on any atom is 0.325 e. The Labute approximate surface area is 234 Å². The van der Waals surface area contributed by atoms with E-state index >= 15 is 0 Å². The van der Waals surface area contributed by atoms with Crippen LogP contribution in [0.2, 0.25) is 0 Å². The first-order chi connectivity index (χ1) is 18.5. The zero-order chi connectivity index (χ0) is 26.6. The number of aliphatic hydroxyl groups is 1. The third-order valence-electron chi connectivity index (χ3n) is 6.65. The molecule has 1 aromatic heterocycles. The van der Waals surface area contributed by atoms with Crippen LogP contribution in [0.1, 0.15) is 41.9 Å². The number of imide groups is 1. The molecule has 3 N–H and O–H groups in total. The van der Waals surface area contributed by atoms with Crippen molar-refractivity contribution < 1.29 is 19.4 Å². The molecule has 4 aromatic rings. The van der Waals surface area contributed by atoms with E-state index in [1.165, 1.54) is 4.90 Å². The lowest BCUT2D eigenvalue weighted by Crippen LogP contribution is -2.38. The third kappa shape index (κ3) is 5.30. The molecule has 0 unspecified atom stereocenters. The summed E-state index contributed by atoms with van der Waals surface area (Å²) in [4.78, 5) is 36.4. The van der Waals surface area contributed by atoms with Crippen molar-refractivity contribution in [2.75, 3.05) is 13.2 Å². The van der Waals surface area contributed by atoms with Gasteiger partial charge in [0.2, 0.25) is 0 Å². The Hall–Kier alpha value is -3.70. The van der Waals surface area contributed by atoms with Gasteiger partial charge in [-0.3, -0.25) is 9.69 Å². The first kappa shape index (κ1) is 25.9. The number of nitrogens with one attached hydrogen (secondary N) is 2. The highest BCUT2D eigenvalue weighted by Gasteiger charge is 2.46. The fourth-order valence-corrected chi connectivity index (χ4v) is 5.05. The van der Waals surface area contributed by atoms with Gasteiger partial charge in [0.25, 0.3) is 5.91 Å². The quantitative estimate of drug-likeness (QED) is 0.176. The molecule has 1 fully saturated rings. The Morgan fingerprint density at radius 3 is 2.42 bits per heavy atom. The number of benzene rings is 3. The monoisotopic (exact) mass is 622 g/mol. The summed E-state index contributed by atoms with van der Waals surface area (Å²) < 4.78 is 6.54. The molecule has 9 heteroatoms. The summed E-state index contributed by atoms with van der Waals surface area (Å²) in [6, 6.07) is 22.8. The lowest BCUT2D eigenvalue weighted by Gasteiger charge is -2.29. The molecule has 38 heavy (non-hydrogen) atoms. The number of ether oxygens (including phenoxy) is 1. The standard InChI is InChI=1S/C29H27IN4O4/c1-18(19-5-3-2-4-6-19)26(27-31-17-24(32-27)20-7-11-22(30)12-8-20)34-28(36)25(33-29(34)37)21-9-13-23(14-10-21)38-16-15-35/h2-14,17-18,25-26,35H,15-16H2,1H3,(H,31,32)(H,33,37)/t18-,25+,26-/m0/s1. The smallest absolute Gasteiger partial charge is 0.325 e. The number of aromatic nitrogens is 2. The second-order valence-electron chi connectivity index (χ2n) is 9.07. The lowest BCUT2D eigenvalue weighted by molar-refractivity contribution is -0.129. The van der Waals surface area contributed by atoms with E-state index in [0.29, 0.717) is 17.1 Å². The van der Waals surface area contributed by atoms with Crippen molar-refractivity contribution in [3.8, 4) is 17.0 Å². The Bertz CT molecular complexity index is 1410. The third-order valence-corrected chi connectivity index (χ3v) is 7.37. The van der Waals surface area contributed by atoms with Crippen molar-refractivity contribution in [3.63, 3.8) is 0 Å². The molecule has 0 saturated carbocycles. The normalized spacial score (nSPS) is 16.8. The van der Waals surface area contributed by atoms with Crippen LogP contribution in [0.25, 0.3) is 11.3 Å². The highest BCUT2D eigenvalue weighted by Crippen LogP contribution is 2.39. The van der Waals surface area contributed by atoms with Crippen LogP contribution < -0.4 is 10.1 Å². The van der Waals surface area contributed by atoms with Gasteiger partial charge in [0, 0.05) is 9.49 Å². The first-order valence-corrected chi connectivity index (χ1v) is 13.4. The summed E-state index contributed by atoms with van der Waals surface area (Å²) in [5, 5.41) is 11.8. The number of nitrogens with zero attached hydrogens (tertiary/aromatic N) is 2. The Morgan fingerprint density at radius 1 is 1.03 bits per heavy atom. The Kier molecular flexibility index (Phi) is 7.75. The first-order valence-electron chi connectivity index (χ1n) is 12.3. The number of aromatic amines is 1. The fraction of sp³-hybridized carbons (Fsp3) is 0.207. The van der Waals surface area contributed by atoms with Crippen molar-refractivity contribution in [3.05, 3.63) is 106 Å². The molecule has 0 radical (unpaired) electrons. The number of urea groups is 1. The van der Waals surface area contributed by atoms with Crippen molar-refractivity contribution in [1.82, 2.24) is 20.2 Å². The highest BCUT2D eigenvalue weighted by atomic mass is 127. The molecule has 3 amide bonds. The van der Waals surface area contributed by atoms with Crippen LogP contribution in [0.5, 0.6) is 5.75 Å². The number of carbonyl (C=O) groups is 2. The van der Waals surface area contributed by atoms with E-state index in [-0.39, 0.29) is 25.0 Å². The van der Waals surface area contributed by atoms with E-state index in [4.69, 9.17) is 9.84 Å². The van der Waals surface area contributed by atoms with E-state index in [9.17, 15) is 9.59 Å². The maximum absolute atomic E-state index is 13.8. The van der Waals surface area contributed by atoms with Crippen LogP contribution >= 0.6 is 22.6 Å². The van der Waals surface area contributed by atoms with Gasteiger partial charge in [-0.2, -0.15) is 0 Å². The van der Waals surface area contributed by atoms with Gasteiger partial charge in [0.1, 0.15) is 30.3 Å². The zero-order valence-corrected chi connectivity index (χ0v) is 22.8. The molecule has 3 atom stereocenters. The van der Waals surface area contributed by atoms with Gasteiger partial charge in [-0.1, -0.05) is 61.5 Å². The number of hydrogen-bond donors (Lipinski definition) is 3. The van der Waals surface area contributed by atoms with Gasteiger partial charge < -0.3 is 20.1 Å². The largest absolute Gasteiger partial charge is 0.491 e. The summed E-state index contributed by atoms with van der Waals surface area (Å²) in [6.07, 6.45) is 1.74. The number of rotatable bonds is 9. The summed E-state index contributed by atoms with van der Waals surface area (Å²) in [7, 11) is 0. The average molecular weight is 622 g/mol. The lowest BCUT2D eigenvalue weighted by atomic mass is 9.91. The minimum atomic E-state index is -0.828. The SMILES string of the molecule is C[C@@H](c1ccccc1)[C@@H](c1ncc(-c2ccc(I)cc2)[nH]1)N1C(=O)N[C@H](c2ccc(OCCO)cc2)C1=O. The van der Waals surface area contributed by atoms with Crippen LogP contribution in [0.3, 0.4) is 0 Å². The van der Waals surface area contributed by atoms with Crippen LogP contribution in [-0.4, -0.2) is 45.1 Å². The van der Waals surface area contributed by atoms with Crippen molar-refractivity contribution >= 4 is 34.5 Å². The molecule has 5 rings (SSSR count). The summed E-state index contributed by atoms with van der Waals surface area (Å²) in [6.45, 7) is 2.08. The minimum absolute atomic E-state index is 0.0903. The molecule has 1 saturated heterocycles. The molecule has 0 bridgehead atoms. The van der Waals surface area contributed by atoms with E-state index in [1.807, 2.05) is 61.5 Å². The highest BCUT2D eigenvalue weighted by molar-refractivity contribution is 14.1. The predicted molar refractivity (Wildman–Crippen MR) is 151 cm³/mol. The maximum atomic E-state index is 13.8. The Balaban J connectivity index is 1.48. The van der Waals surface area contributed by atoms with Crippen molar-refractivity contribution in [1.29, 1.82) is 0 Å². The van der Waals surface area contributed by atoms with E-state index < -0.39 is 18.1 Å². The van der Waals surface area contributed by atoms with Gasteiger partial charge in [-0.25, -0.2) is 9.78 Å². The Morgan fingerprint density at radius 2 is 1.74 bits per heavy atom. The van der Waals surface area contributed by atoms with Gasteiger partial charge in [-0.15, -0.1) is 0 Å². The number of H-pyrrole nitrogens is 1. The fourth-order valence-electron chi connectivity index (χ4n) is 4.69. The van der Waals surface area contributed by atoms with Gasteiger partial charge >= 0.3 is 6.03 Å². The molecule has 194 valence electrons. The molecule has 8 nitrogen and oxygen atoms in total. The number of imidazole rings is 1. The number of hydrogen-bond acceptors (Lipinski definition) is 5. The molecule has 0 aliphatic carbocycles. The van der Waals surface area contributed by atoms with E-state index in [1.54, 1.807) is 30.5 Å². The molecule has 1 aliphatic heterocycles. The van der Waals surface area contributed by atoms with Gasteiger partial charge in [-0.05, 0) is 63.5 Å². The molecule has 0 spiro atoms. The number of aliphatic hydroxyl groups excluding tert-OH is 1. The summed E-state index contributed by atoms with van der Waals surface area (Å²) >= 11 is 2.26. The summed E-state index contributed by atoms with van der Waals surface area (Å²) in [5.41, 5.74) is 3.41. The number of carbonyl (C=O) groups excluding carboxylic acids is 2. The van der Waals surface area contributed by atoms with Crippen molar-refractivity contribution in [2.45, 2.75) is 24.9 Å². The minimum Gasteiger partial charge on any atom is -0.491 e. The molecule has 1 aliphatic rings. The van der Waals surface area contributed by atoms with Crippen LogP contribution in [0.15, 0.2) is 85.1 Å². The molecule has 2 heterocycles. The van der Waals surface area contributed by atoms with Crippen LogP contribution in [0, 0.1) is 3.57 Å². The number of amides is 3. The molecule has 3 aromatic carbocycles. The molecular formula is C29H27IN4O4.